The number of benzene rings is 2. The number of aryl methyl sites for hydroxylation is 2. The van der Waals surface area contributed by atoms with Gasteiger partial charge >= 0.3 is 0 Å². The Morgan fingerprint density at radius 2 is 2.08 bits per heavy atom. The third-order valence-corrected chi connectivity index (χ3v) is 4.86. The van der Waals surface area contributed by atoms with Gasteiger partial charge < -0.3 is 9.30 Å². The van der Waals surface area contributed by atoms with Gasteiger partial charge in [0.2, 0.25) is 0 Å². The summed E-state index contributed by atoms with van der Waals surface area (Å²) in [6.45, 7) is 8.32. The van der Waals surface area contributed by atoms with Crippen molar-refractivity contribution in [2.24, 2.45) is 4.99 Å². The Morgan fingerprint density at radius 1 is 1.28 bits per heavy atom. The molecule has 3 aromatic rings. The second-order valence-corrected chi connectivity index (χ2v) is 6.82. The highest BCUT2D eigenvalue weighted by atomic mass is 32.1. The van der Waals surface area contributed by atoms with Gasteiger partial charge in [0.05, 0.1) is 10.2 Å². The Balaban J connectivity index is 1.89. The van der Waals surface area contributed by atoms with E-state index in [2.05, 4.69) is 36.7 Å². The van der Waals surface area contributed by atoms with E-state index in [1.165, 1.54) is 16.9 Å². The first kappa shape index (κ1) is 17.2. The molecular weight excluding hydrogens is 332 g/mol. The molecule has 5 heteroatoms. The van der Waals surface area contributed by atoms with Crippen molar-refractivity contribution < 1.29 is 9.53 Å². The van der Waals surface area contributed by atoms with Gasteiger partial charge in [-0.2, -0.15) is 4.99 Å². The Kier molecular flexibility index (Phi) is 5.14. The number of thiazole rings is 1. The van der Waals surface area contributed by atoms with Crippen LogP contribution in [-0.2, 0) is 11.3 Å². The highest BCUT2D eigenvalue weighted by Crippen LogP contribution is 2.19. The molecule has 128 valence electrons. The summed E-state index contributed by atoms with van der Waals surface area (Å²) in [4.78, 5) is 17.2. The molecule has 0 spiro atoms. The summed E-state index contributed by atoms with van der Waals surface area (Å²) in [6.07, 6.45) is 1.80. The minimum atomic E-state index is -0.302. The minimum absolute atomic E-state index is 0.0772. The van der Waals surface area contributed by atoms with E-state index in [9.17, 15) is 4.79 Å². The number of aromatic nitrogens is 1. The van der Waals surface area contributed by atoms with Crippen molar-refractivity contribution in [3.63, 3.8) is 0 Å². The quantitative estimate of drug-likeness (QED) is 0.651. The molecule has 0 saturated heterocycles. The maximum absolute atomic E-state index is 12.3. The van der Waals surface area contributed by atoms with Crippen LogP contribution in [-0.4, -0.2) is 17.1 Å². The van der Waals surface area contributed by atoms with E-state index >= 15 is 0 Å². The highest BCUT2D eigenvalue weighted by molar-refractivity contribution is 7.16. The molecule has 0 radical (unpaired) electrons. The average molecular weight is 352 g/mol. The van der Waals surface area contributed by atoms with Crippen LogP contribution in [0.1, 0.15) is 11.1 Å². The number of amides is 1. The third kappa shape index (κ3) is 3.88. The van der Waals surface area contributed by atoms with Gasteiger partial charge in [-0.3, -0.25) is 4.79 Å². The van der Waals surface area contributed by atoms with Gasteiger partial charge in [-0.25, -0.2) is 0 Å². The summed E-state index contributed by atoms with van der Waals surface area (Å²) in [6, 6.07) is 13.8. The molecule has 1 heterocycles. The summed E-state index contributed by atoms with van der Waals surface area (Å²) in [5.74, 6) is 0.404. The first-order chi connectivity index (χ1) is 12.1. The molecule has 0 unspecified atom stereocenters. The van der Waals surface area contributed by atoms with E-state index in [4.69, 9.17) is 4.74 Å². The summed E-state index contributed by atoms with van der Waals surface area (Å²) in [5.41, 5.74) is 3.23. The largest absolute Gasteiger partial charge is 0.483 e. The number of ether oxygens (including phenoxy) is 1. The smallest absolute Gasteiger partial charge is 0.286 e. The van der Waals surface area contributed by atoms with Crippen molar-refractivity contribution in [3.05, 3.63) is 71.0 Å². The van der Waals surface area contributed by atoms with Crippen LogP contribution in [0.5, 0.6) is 5.75 Å². The van der Waals surface area contributed by atoms with Gasteiger partial charge in [0.25, 0.3) is 5.91 Å². The number of nitrogens with zero attached hydrogens (tertiary/aromatic N) is 2. The molecule has 3 rings (SSSR count). The standard InChI is InChI=1S/C20H20N2O2S/c1-4-11-22-16-10-9-14(2)12-18(16)25-20(22)21-19(23)13-24-17-8-6-5-7-15(17)3/h4-10,12H,1,11,13H2,2-3H3. The molecule has 0 aliphatic rings. The number of rotatable bonds is 5. The van der Waals surface area contributed by atoms with E-state index in [1.54, 1.807) is 6.08 Å². The molecule has 0 atom stereocenters. The van der Waals surface area contributed by atoms with Crippen molar-refractivity contribution >= 4 is 27.5 Å². The molecule has 0 bridgehead atoms. The van der Waals surface area contributed by atoms with Crippen LogP contribution < -0.4 is 9.54 Å². The van der Waals surface area contributed by atoms with Gasteiger partial charge in [0.1, 0.15) is 5.75 Å². The van der Waals surface area contributed by atoms with Crippen LogP contribution in [0.15, 0.2) is 60.1 Å². The van der Waals surface area contributed by atoms with Crippen LogP contribution in [0.3, 0.4) is 0 Å². The van der Waals surface area contributed by atoms with Crippen LogP contribution in [0.25, 0.3) is 10.2 Å². The van der Waals surface area contributed by atoms with Gasteiger partial charge in [0, 0.05) is 6.54 Å². The highest BCUT2D eigenvalue weighted by Gasteiger charge is 2.08. The Bertz CT molecular complexity index is 998. The molecule has 0 saturated carbocycles. The number of carbonyl (C=O) groups excluding carboxylic acids is 1. The van der Waals surface area contributed by atoms with E-state index in [0.717, 1.165) is 15.8 Å². The topological polar surface area (TPSA) is 43.6 Å². The zero-order valence-electron chi connectivity index (χ0n) is 14.4. The molecule has 0 aliphatic carbocycles. The van der Waals surface area contributed by atoms with Gasteiger partial charge in [0.15, 0.2) is 11.4 Å². The number of para-hydroxylation sites is 1. The average Bonchev–Trinajstić information content (AvgIpc) is 2.91. The second kappa shape index (κ2) is 7.49. The lowest BCUT2D eigenvalue weighted by atomic mass is 10.2. The number of fused-ring (bicyclic) bond motifs is 1. The first-order valence-corrected chi connectivity index (χ1v) is 8.87. The lowest BCUT2D eigenvalue weighted by Gasteiger charge is -2.06. The van der Waals surface area contributed by atoms with Crippen LogP contribution in [0, 0.1) is 13.8 Å². The number of carbonyl (C=O) groups is 1. The fourth-order valence-corrected chi connectivity index (χ4v) is 3.72. The van der Waals surface area contributed by atoms with E-state index < -0.39 is 0 Å². The predicted octanol–water partition coefficient (Wildman–Crippen LogP) is 4.01. The zero-order valence-corrected chi connectivity index (χ0v) is 15.2. The van der Waals surface area contributed by atoms with E-state index in [-0.39, 0.29) is 12.5 Å². The summed E-state index contributed by atoms with van der Waals surface area (Å²) in [7, 11) is 0. The second-order valence-electron chi connectivity index (χ2n) is 5.81. The van der Waals surface area contributed by atoms with Crippen molar-refractivity contribution in [3.8, 4) is 5.75 Å². The van der Waals surface area contributed by atoms with Crippen LogP contribution in [0.2, 0.25) is 0 Å². The van der Waals surface area contributed by atoms with E-state index in [1.807, 2.05) is 35.8 Å². The van der Waals surface area contributed by atoms with Crippen LogP contribution >= 0.6 is 11.3 Å². The maximum atomic E-state index is 12.3. The molecule has 25 heavy (non-hydrogen) atoms. The zero-order chi connectivity index (χ0) is 17.8. The van der Waals surface area contributed by atoms with Gasteiger partial charge in [-0.1, -0.05) is 41.7 Å². The predicted molar refractivity (Wildman–Crippen MR) is 102 cm³/mol. The van der Waals surface area contributed by atoms with Crippen LogP contribution in [0.4, 0.5) is 0 Å². The monoisotopic (exact) mass is 352 g/mol. The summed E-state index contributed by atoms with van der Waals surface area (Å²) >= 11 is 1.50. The molecule has 0 fully saturated rings. The SMILES string of the molecule is C=CCn1c(=NC(=O)COc2ccccc2C)sc2cc(C)ccc21. The van der Waals surface area contributed by atoms with E-state index in [0.29, 0.717) is 17.1 Å². The first-order valence-electron chi connectivity index (χ1n) is 8.05. The maximum Gasteiger partial charge on any atom is 0.286 e. The van der Waals surface area contributed by atoms with Gasteiger partial charge in [-0.15, -0.1) is 6.58 Å². The van der Waals surface area contributed by atoms with Crippen molar-refractivity contribution in [1.82, 2.24) is 4.57 Å². The molecular formula is C20H20N2O2S. The molecule has 4 nitrogen and oxygen atoms in total. The van der Waals surface area contributed by atoms with Gasteiger partial charge in [-0.05, 0) is 43.2 Å². The Hall–Kier alpha value is -2.66. The summed E-state index contributed by atoms with van der Waals surface area (Å²) < 4.78 is 8.70. The molecule has 2 aromatic carbocycles. The van der Waals surface area contributed by atoms with Crippen molar-refractivity contribution in [1.29, 1.82) is 0 Å². The minimum Gasteiger partial charge on any atom is -0.483 e. The number of allylic oxidation sites excluding steroid dienone is 1. The molecule has 1 amide bonds. The lowest BCUT2D eigenvalue weighted by molar-refractivity contribution is -0.120. The third-order valence-electron chi connectivity index (χ3n) is 3.82. The molecule has 0 N–H and O–H groups in total. The fraction of sp³-hybridized carbons (Fsp3) is 0.200. The van der Waals surface area contributed by atoms with Crippen molar-refractivity contribution in [2.75, 3.05) is 6.61 Å². The lowest BCUT2D eigenvalue weighted by Crippen LogP contribution is -2.19. The normalized spacial score (nSPS) is 11.7. The number of hydrogen-bond acceptors (Lipinski definition) is 3. The fourth-order valence-electron chi connectivity index (χ4n) is 2.57. The van der Waals surface area contributed by atoms with Crippen molar-refractivity contribution in [2.45, 2.75) is 20.4 Å². The number of hydrogen-bond donors (Lipinski definition) is 0. The Labute approximate surface area is 150 Å². The molecule has 0 aliphatic heterocycles. The summed E-state index contributed by atoms with van der Waals surface area (Å²) in [5, 5.41) is 0. The Morgan fingerprint density at radius 3 is 2.84 bits per heavy atom. The molecule has 1 aromatic heterocycles.